The molecule has 144 valence electrons. The average molecular weight is 369 g/mol. The Balaban J connectivity index is 1.51. The number of nitrogens with zero attached hydrogens (tertiary/aromatic N) is 4. The fourth-order valence-corrected chi connectivity index (χ4v) is 3.11. The molecule has 7 nitrogen and oxygen atoms in total. The van der Waals surface area contributed by atoms with Gasteiger partial charge in [0.05, 0.1) is 5.69 Å². The number of guanidine groups is 1. The Morgan fingerprint density at radius 2 is 2.11 bits per heavy atom. The van der Waals surface area contributed by atoms with Crippen LogP contribution >= 0.6 is 0 Å². The Morgan fingerprint density at radius 3 is 2.81 bits per heavy atom. The van der Waals surface area contributed by atoms with Crippen molar-refractivity contribution >= 4 is 5.96 Å². The molecule has 1 saturated heterocycles. The third kappa shape index (κ3) is 5.34. The van der Waals surface area contributed by atoms with Crippen LogP contribution < -0.4 is 10.1 Å². The van der Waals surface area contributed by atoms with Gasteiger partial charge >= 0.3 is 0 Å². The fourth-order valence-electron chi connectivity index (χ4n) is 3.11. The van der Waals surface area contributed by atoms with Crippen LogP contribution in [0.4, 0.5) is 0 Å². The smallest absolute Gasteiger partial charge is 0.194 e. The van der Waals surface area contributed by atoms with Crippen LogP contribution in [0.15, 0.2) is 58.8 Å². The monoisotopic (exact) mass is 369 g/mol. The minimum Gasteiger partial charge on any atom is -0.489 e. The summed E-state index contributed by atoms with van der Waals surface area (Å²) >= 11 is 0. The molecule has 0 unspecified atom stereocenters. The zero-order valence-electron chi connectivity index (χ0n) is 15.8. The van der Waals surface area contributed by atoms with Gasteiger partial charge in [-0.25, -0.2) is 0 Å². The molecule has 1 aliphatic rings. The molecule has 0 spiro atoms. The number of nitrogens with one attached hydrogen (secondary N) is 1. The second kappa shape index (κ2) is 9.78. The van der Waals surface area contributed by atoms with Crippen LogP contribution in [-0.4, -0.2) is 60.7 Å². The maximum Gasteiger partial charge on any atom is 0.194 e. The number of hydrogen-bond acceptors (Lipinski definition) is 5. The SMILES string of the molecule is C=CCOc1ccccc1CNC(=NC)N1CCN(Cc2ccon2)CC1. The molecule has 0 aliphatic carbocycles. The van der Waals surface area contributed by atoms with E-state index in [1.165, 1.54) is 0 Å². The Kier molecular flexibility index (Phi) is 6.87. The zero-order chi connectivity index (χ0) is 18.9. The summed E-state index contributed by atoms with van der Waals surface area (Å²) in [6, 6.07) is 9.95. The normalized spacial score (nSPS) is 15.6. The lowest BCUT2D eigenvalue weighted by Gasteiger charge is -2.36. The van der Waals surface area contributed by atoms with E-state index in [-0.39, 0.29) is 0 Å². The van der Waals surface area contributed by atoms with E-state index in [2.05, 4.69) is 37.9 Å². The van der Waals surface area contributed by atoms with E-state index in [1.807, 2.05) is 31.3 Å². The van der Waals surface area contributed by atoms with Gasteiger partial charge < -0.3 is 19.5 Å². The number of hydrogen-bond donors (Lipinski definition) is 1. The lowest BCUT2D eigenvalue weighted by Crippen LogP contribution is -2.52. The molecule has 2 heterocycles. The average Bonchev–Trinajstić information content (AvgIpc) is 3.22. The third-order valence-electron chi connectivity index (χ3n) is 4.53. The van der Waals surface area contributed by atoms with Gasteiger partial charge in [0.15, 0.2) is 5.96 Å². The number of aromatic nitrogens is 1. The van der Waals surface area contributed by atoms with Gasteiger partial charge in [0, 0.05) is 57.9 Å². The van der Waals surface area contributed by atoms with Crippen molar-refractivity contribution in [3.8, 4) is 5.75 Å². The number of aliphatic imine (C=N–C) groups is 1. The van der Waals surface area contributed by atoms with Gasteiger partial charge in [-0.15, -0.1) is 0 Å². The summed E-state index contributed by atoms with van der Waals surface area (Å²) < 4.78 is 10.6. The molecule has 3 rings (SSSR count). The van der Waals surface area contributed by atoms with Gasteiger partial charge in [0.2, 0.25) is 0 Å². The maximum atomic E-state index is 5.73. The summed E-state index contributed by atoms with van der Waals surface area (Å²) in [5, 5.41) is 7.45. The molecule has 1 N–H and O–H groups in total. The molecule has 27 heavy (non-hydrogen) atoms. The van der Waals surface area contributed by atoms with Gasteiger partial charge in [-0.2, -0.15) is 0 Å². The summed E-state index contributed by atoms with van der Waals surface area (Å²) in [6.45, 7) is 9.47. The van der Waals surface area contributed by atoms with Crippen molar-refractivity contribution < 1.29 is 9.26 Å². The Bertz CT molecular complexity index is 737. The second-order valence-electron chi connectivity index (χ2n) is 6.36. The van der Waals surface area contributed by atoms with E-state index in [9.17, 15) is 0 Å². The third-order valence-corrected chi connectivity index (χ3v) is 4.53. The van der Waals surface area contributed by atoms with E-state index in [1.54, 1.807) is 12.3 Å². The summed E-state index contributed by atoms with van der Waals surface area (Å²) in [5.74, 6) is 1.78. The van der Waals surface area contributed by atoms with Crippen LogP contribution in [0.3, 0.4) is 0 Å². The molecule has 1 aromatic heterocycles. The van der Waals surface area contributed by atoms with E-state index >= 15 is 0 Å². The van der Waals surface area contributed by atoms with Crippen LogP contribution in [0.1, 0.15) is 11.3 Å². The lowest BCUT2D eigenvalue weighted by atomic mass is 10.2. The van der Waals surface area contributed by atoms with Crippen LogP contribution in [0.25, 0.3) is 0 Å². The van der Waals surface area contributed by atoms with Crippen molar-refractivity contribution in [2.24, 2.45) is 4.99 Å². The molecular formula is C20H27N5O2. The minimum atomic E-state index is 0.499. The van der Waals surface area contributed by atoms with E-state index in [4.69, 9.17) is 9.26 Å². The summed E-state index contributed by atoms with van der Waals surface area (Å²) in [4.78, 5) is 9.11. The number of benzene rings is 1. The highest BCUT2D eigenvalue weighted by Crippen LogP contribution is 2.18. The first-order valence-corrected chi connectivity index (χ1v) is 9.19. The molecule has 0 radical (unpaired) electrons. The molecule has 2 aromatic rings. The number of para-hydroxylation sites is 1. The Morgan fingerprint density at radius 1 is 1.30 bits per heavy atom. The molecule has 0 atom stereocenters. The molecule has 0 saturated carbocycles. The lowest BCUT2D eigenvalue weighted by molar-refractivity contribution is 0.169. The van der Waals surface area contributed by atoms with Crippen molar-refractivity contribution in [3.05, 3.63) is 60.5 Å². The molecule has 0 bridgehead atoms. The minimum absolute atomic E-state index is 0.499. The summed E-state index contributed by atoms with van der Waals surface area (Å²) in [6.07, 6.45) is 3.37. The van der Waals surface area contributed by atoms with E-state index in [0.29, 0.717) is 13.2 Å². The molecule has 1 fully saturated rings. The molecule has 1 aromatic carbocycles. The molecule has 0 amide bonds. The zero-order valence-corrected chi connectivity index (χ0v) is 15.8. The molecular weight excluding hydrogens is 342 g/mol. The summed E-state index contributed by atoms with van der Waals surface area (Å²) in [5.41, 5.74) is 2.08. The predicted octanol–water partition coefficient (Wildman–Crippen LogP) is 2.13. The standard InChI is InChI=1S/C20H27N5O2/c1-3-13-26-19-7-5-4-6-17(19)15-22-20(21-2)25-11-9-24(10-12-25)16-18-8-14-27-23-18/h3-8,14H,1,9-13,15-16H2,2H3,(H,21,22). The number of ether oxygens (including phenoxy) is 1. The van der Waals surface area contributed by atoms with Crippen LogP contribution in [0.5, 0.6) is 5.75 Å². The van der Waals surface area contributed by atoms with Gasteiger partial charge in [0.1, 0.15) is 18.6 Å². The van der Waals surface area contributed by atoms with Crippen molar-refractivity contribution in [1.29, 1.82) is 0 Å². The highest BCUT2D eigenvalue weighted by atomic mass is 16.5. The Labute approximate surface area is 160 Å². The van der Waals surface area contributed by atoms with E-state index in [0.717, 1.165) is 55.7 Å². The summed E-state index contributed by atoms with van der Waals surface area (Å²) in [7, 11) is 1.82. The molecule has 7 heteroatoms. The second-order valence-corrected chi connectivity index (χ2v) is 6.36. The quantitative estimate of drug-likeness (QED) is 0.458. The Hall–Kier alpha value is -2.80. The van der Waals surface area contributed by atoms with Crippen molar-refractivity contribution in [2.45, 2.75) is 13.1 Å². The van der Waals surface area contributed by atoms with Crippen LogP contribution in [-0.2, 0) is 13.1 Å². The van der Waals surface area contributed by atoms with Gasteiger partial charge in [0.25, 0.3) is 0 Å². The first-order valence-electron chi connectivity index (χ1n) is 9.19. The fraction of sp³-hybridized carbons (Fsp3) is 0.400. The highest BCUT2D eigenvalue weighted by Gasteiger charge is 2.20. The van der Waals surface area contributed by atoms with Crippen LogP contribution in [0, 0.1) is 0 Å². The predicted molar refractivity (Wildman–Crippen MR) is 106 cm³/mol. The first kappa shape index (κ1) is 19.0. The highest BCUT2D eigenvalue weighted by molar-refractivity contribution is 5.80. The van der Waals surface area contributed by atoms with Crippen molar-refractivity contribution in [3.63, 3.8) is 0 Å². The van der Waals surface area contributed by atoms with Gasteiger partial charge in [-0.3, -0.25) is 9.89 Å². The van der Waals surface area contributed by atoms with Crippen molar-refractivity contribution in [1.82, 2.24) is 20.3 Å². The maximum absolute atomic E-state index is 5.73. The van der Waals surface area contributed by atoms with Crippen LogP contribution in [0.2, 0.25) is 0 Å². The number of rotatable bonds is 7. The van der Waals surface area contributed by atoms with E-state index < -0.39 is 0 Å². The van der Waals surface area contributed by atoms with Gasteiger partial charge in [-0.05, 0) is 6.07 Å². The topological polar surface area (TPSA) is 66.1 Å². The van der Waals surface area contributed by atoms with Gasteiger partial charge in [-0.1, -0.05) is 36.0 Å². The molecule has 1 aliphatic heterocycles. The first-order chi connectivity index (χ1) is 13.3. The largest absolute Gasteiger partial charge is 0.489 e. The van der Waals surface area contributed by atoms with Crippen molar-refractivity contribution in [2.75, 3.05) is 39.8 Å². The number of piperazine rings is 1.